The minimum Gasteiger partial charge on any atom is -0.480 e. The van der Waals surface area contributed by atoms with Gasteiger partial charge in [-0.1, -0.05) is 30.3 Å². The van der Waals surface area contributed by atoms with Crippen molar-refractivity contribution in [1.82, 2.24) is 25.8 Å². The van der Waals surface area contributed by atoms with Crippen LogP contribution < -0.4 is 16.0 Å². The third-order valence-corrected chi connectivity index (χ3v) is 7.42. The molecule has 13 nitrogen and oxygen atoms in total. The van der Waals surface area contributed by atoms with Crippen molar-refractivity contribution in [1.29, 1.82) is 0 Å². The van der Waals surface area contributed by atoms with Gasteiger partial charge in [-0.05, 0) is 19.4 Å². The second-order valence-corrected chi connectivity index (χ2v) is 10.6. The van der Waals surface area contributed by atoms with Crippen LogP contribution in [-0.4, -0.2) is 91.1 Å². The Bertz CT molecular complexity index is 1080. The smallest absolute Gasteiger partial charge is 0.329 e. The van der Waals surface area contributed by atoms with E-state index < -0.39 is 64.1 Å². The van der Waals surface area contributed by atoms with Crippen molar-refractivity contribution in [2.24, 2.45) is 0 Å². The molecule has 2 fully saturated rings. The van der Waals surface area contributed by atoms with Gasteiger partial charge < -0.3 is 31.1 Å². The van der Waals surface area contributed by atoms with Crippen molar-refractivity contribution in [2.75, 3.05) is 13.1 Å². The minimum atomic E-state index is -1.70. The molecule has 5 N–H and O–H groups in total. The molecule has 0 spiro atoms. The Morgan fingerprint density at radius 1 is 1.11 bits per heavy atom. The zero-order valence-electron chi connectivity index (χ0n) is 19.8. The van der Waals surface area contributed by atoms with Gasteiger partial charge in [-0.3, -0.25) is 9.59 Å². The van der Waals surface area contributed by atoms with E-state index in [-0.39, 0.29) is 13.1 Å². The third kappa shape index (κ3) is 5.37. The predicted octanol–water partition coefficient (Wildman–Crippen LogP) is 0.185. The zero-order chi connectivity index (χ0) is 26.8. The lowest BCUT2D eigenvalue weighted by Crippen LogP contribution is -2.58. The van der Waals surface area contributed by atoms with Crippen LogP contribution in [0, 0.1) is 0 Å². The number of thioether (sulfide) groups is 1. The molecule has 1 aromatic carbocycles. The van der Waals surface area contributed by atoms with Gasteiger partial charge in [0.15, 0.2) is 6.04 Å². The number of hydrogen-bond acceptors (Lipinski definition) is 7. The van der Waals surface area contributed by atoms with Crippen LogP contribution in [0.2, 0.25) is 0 Å². The summed E-state index contributed by atoms with van der Waals surface area (Å²) in [4.78, 5) is 76.3. The van der Waals surface area contributed by atoms with Gasteiger partial charge in [0.05, 0.1) is 0 Å². The molecule has 1 aromatic rings. The molecule has 3 unspecified atom stereocenters. The van der Waals surface area contributed by atoms with E-state index in [1.807, 2.05) is 0 Å². The van der Waals surface area contributed by atoms with E-state index in [2.05, 4.69) is 16.0 Å². The maximum atomic E-state index is 13.4. The summed E-state index contributed by atoms with van der Waals surface area (Å²) in [6, 6.07) is 2.09. The average Bonchev–Trinajstić information content (AvgIpc) is 3.35. The first-order valence-corrected chi connectivity index (χ1v) is 11.9. The number of carbonyl (C=O) groups excluding carboxylic acids is 4. The van der Waals surface area contributed by atoms with Gasteiger partial charge in [0.1, 0.15) is 17.5 Å². The number of carbonyl (C=O) groups is 6. The Labute approximate surface area is 210 Å². The molecule has 2 aliphatic heterocycles. The highest BCUT2D eigenvalue weighted by Gasteiger charge is 2.56. The normalized spacial score (nSPS) is 22.4. The van der Waals surface area contributed by atoms with Crippen molar-refractivity contribution in [3.8, 4) is 0 Å². The van der Waals surface area contributed by atoms with Crippen LogP contribution in [0.1, 0.15) is 32.4 Å². The molecule has 0 bridgehead atoms. The molecule has 194 valence electrons. The highest BCUT2D eigenvalue weighted by atomic mass is 32.2. The Balaban J connectivity index is 1.91. The van der Waals surface area contributed by atoms with Crippen LogP contribution in [-0.2, 0) is 19.2 Å². The molecular weight excluding hydrogens is 494 g/mol. The lowest BCUT2D eigenvalue weighted by molar-refractivity contribution is -0.153. The summed E-state index contributed by atoms with van der Waals surface area (Å²) in [5, 5.41) is 25.7. The number of nitrogens with zero attached hydrogens (tertiary/aromatic N) is 2. The monoisotopic (exact) mass is 521 g/mol. The molecule has 0 radical (unpaired) electrons. The first kappa shape index (κ1) is 26.8. The zero-order valence-corrected chi connectivity index (χ0v) is 20.6. The van der Waals surface area contributed by atoms with Crippen LogP contribution in [0.15, 0.2) is 30.3 Å². The van der Waals surface area contributed by atoms with Gasteiger partial charge in [-0.2, -0.15) is 0 Å². The molecule has 0 aromatic heterocycles. The molecule has 0 aliphatic carbocycles. The number of urea groups is 2. The molecule has 2 heterocycles. The fraction of sp³-hybridized carbons (Fsp3) is 0.455. The van der Waals surface area contributed by atoms with Gasteiger partial charge in [0.2, 0.25) is 11.8 Å². The lowest BCUT2D eigenvalue weighted by Gasteiger charge is -2.32. The van der Waals surface area contributed by atoms with E-state index in [1.165, 1.54) is 0 Å². The summed E-state index contributed by atoms with van der Waals surface area (Å²) in [6.07, 6.45) is 0. The van der Waals surface area contributed by atoms with Gasteiger partial charge >= 0.3 is 24.0 Å². The summed E-state index contributed by atoms with van der Waals surface area (Å²) < 4.78 is -1.06. The van der Waals surface area contributed by atoms with E-state index >= 15 is 0 Å². The predicted molar refractivity (Wildman–Crippen MR) is 127 cm³/mol. The van der Waals surface area contributed by atoms with E-state index in [0.29, 0.717) is 5.56 Å². The van der Waals surface area contributed by atoms with Crippen LogP contribution in [0.25, 0.3) is 0 Å². The maximum absolute atomic E-state index is 13.4. The number of carboxylic acid groups (broad SMARTS) is 2. The topological polar surface area (TPSA) is 185 Å². The molecule has 2 saturated heterocycles. The summed E-state index contributed by atoms with van der Waals surface area (Å²) >= 11 is 0.941. The van der Waals surface area contributed by atoms with Crippen LogP contribution >= 0.6 is 11.8 Å². The molecule has 4 atom stereocenters. The van der Waals surface area contributed by atoms with E-state index in [0.717, 1.165) is 28.5 Å². The first-order chi connectivity index (χ1) is 16.8. The Morgan fingerprint density at radius 3 is 2.25 bits per heavy atom. The summed E-state index contributed by atoms with van der Waals surface area (Å²) in [6.45, 7) is 4.60. The average molecular weight is 522 g/mol. The first-order valence-electron chi connectivity index (χ1n) is 11.0. The second kappa shape index (κ2) is 10.4. The molecule has 6 amide bonds. The van der Waals surface area contributed by atoms with Gasteiger partial charge in [-0.15, -0.1) is 11.8 Å². The number of amides is 6. The van der Waals surface area contributed by atoms with Crippen molar-refractivity contribution < 1.29 is 39.0 Å². The van der Waals surface area contributed by atoms with Crippen molar-refractivity contribution >= 4 is 47.6 Å². The van der Waals surface area contributed by atoms with Gasteiger partial charge in [-0.25, -0.2) is 24.1 Å². The van der Waals surface area contributed by atoms with Crippen molar-refractivity contribution in [3.05, 3.63) is 35.9 Å². The molecule has 0 saturated carbocycles. The molecule has 2 aliphatic rings. The largest absolute Gasteiger partial charge is 0.480 e. The standard InChI is InChI=1S/C22H27N5O8S/c1-11(28)27-15(19(32)33)22(2,3)36-17(27)14(18(30)31)24-16(29)13(12-7-5-4-6-8-12)25-21(35)26-10-9-23-20(26)34/h4-8,13-15,17H,9-10H2,1-3H3,(H,23,34)(H,24,29)(H,25,35)(H,30,31)(H,32,33)/t13?,14?,15-,17?/m0/s1. The van der Waals surface area contributed by atoms with E-state index in [1.54, 1.807) is 44.2 Å². The number of imide groups is 1. The van der Waals surface area contributed by atoms with E-state index in [9.17, 15) is 39.0 Å². The fourth-order valence-corrected chi connectivity index (χ4v) is 5.89. The maximum Gasteiger partial charge on any atom is 0.329 e. The number of benzene rings is 1. The fourth-order valence-electron chi connectivity index (χ4n) is 4.22. The van der Waals surface area contributed by atoms with Crippen molar-refractivity contribution in [3.63, 3.8) is 0 Å². The number of rotatable bonds is 7. The number of hydrogen-bond donors (Lipinski definition) is 5. The summed E-state index contributed by atoms with van der Waals surface area (Å²) in [5.74, 6) is -4.38. The van der Waals surface area contributed by atoms with E-state index in [4.69, 9.17) is 0 Å². The molecular formula is C22H27N5O8S. The third-order valence-electron chi connectivity index (χ3n) is 5.85. The van der Waals surface area contributed by atoms with Gasteiger partial charge in [0.25, 0.3) is 0 Å². The Kier molecular flexibility index (Phi) is 7.77. The Morgan fingerprint density at radius 2 is 1.75 bits per heavy atom. The lowest BCUT2D eigenvalue weighted by atomic mass is 10.0. The second-order valence-electron chi connectivity index (χ2n) is 8.78. The van der Waals surface area contributed by atoms with Crippen molar-refractivity contribution in [2.45, 2.75) is 49.0 Å². The highest BCUT2D eigenvalue weighted by molar-refractivity contribution is 8.01. The highest BCUT2D eigenvalue weighted by Crippen LogP contribution is 2.45. The minimum absolute atomic E-state index is 0.0868. The molecule has 14 heteroatoms. The quantitative estimate of drug-likeness (QED) is 0.334. The molecule has 3 rings (SSSR count). The van der Waals surface area contributed by atoms with Gasteiger partial charge in [0, 0.05) is 24.8 Å². The summed E-state index contributed by atoms with van der Waals surface area (Å²) in [5.41, 5.74) is 0.318. The van der Waals surface area contributed by atoms with Crippen LogP contribution in [0.3, 0.4) is 0 Å². The number of aliphatic carboxylic acids is 2. The summed E-state index contributed by atoms with van der Waals surface area (Å²) in [7, 11) is 0. The van der Waals surface area contributed by atoms with Crippen LogP contribution in [0.5, 0.6) is 0 Å². The molecule has 36 heavy (non-hydrogen) atoms. The number of carboxylic acids is 2. The van der Waals surface area contributed by atoms with Crippen LogP contribution in [0.4, 0.5) is 9.59 Å². The SMILES string of the molecule is CC(=O)N1C(C(NC(=O)C(NC(=O)N2CCNC2=O)c2ccccc2)C(=O)O)SC(C)(C)[C@@H]1C(=O)O. The Hall–Kier alpha value is -3.81. The number of nitrogens with one attached hydrogen (secondary N) is 3.